The van der Waals surface area contributed by atoms with E-state index in [1.54, 1.807) is 18.2 Å². The van der Waals surface area contributed by atoms with Crippen molar-refractivity contribution in [2.24, 2.45) is 5.92 Å². The van der Waals surface area contributed by atoms with E-state index in [9.17, 15) is 24.0 Å². The third-order valence-electron chi connectivity index (χ3n) is 6.68. The van der Waals surface area contributed by atoms with Gasteiger partial charge in [-0.3, -0.25) is 9.59 Å². The molecule has 4 rings (SSSR count). The number of fused-ring (bicyclic) bond motifs is 2. The number of benzene rings is 2. The van der Waals surface area contributed by atoms with Gasteiger partial charge in [-0.15, -0.1) is 0 Å². The van der Waals surface area contributed by atoms with Gasteiger partial charge in [0.05, 0.1) is 23.8 Å². The molecular formula is C27H26FN3O5. The summed E-state index contributed by atoms with van der Waals surface area (Å²) in [5.74, 6) is -2.60. The summed E-state index contributed by atoms with van der Waals surface area (Å²) in [6.45, 7) is 2.65. The second-order valence-corrected chi connectivity index (χ2v) is 9.01. The molecule has 2 aromatic rings. The smallest absolute Gasteiger partial charge is 0.327 e. The Bertz CT molecular complexity index is 1300. The summed E-state index contributed by atoms with van der Waals surface area (Å²) < 4.78 is 20.3. The van der Waals surface area contributed by atoms with Gasteiger partial charge in [0.15, 0.2) is 0 Å². The second kappa shape index (κ2) is 10.2. The van der Waals surface area contributed by atoms with Gasteiger partial charge in [0.1, 0.15) is 11.6 Å². The number of allylic oxidation sites excluding steroid dienone is 1. The Morgan fingerprint density at radius 3 is 2.83 bits per heavy atom. The Kier molecular flexibility index (Phi) is 7.06. The lowest BCUT2D eigenvalue weighted by Gasteiger charge is -2.27. The van der Waals surface area contributed by atoms with Gasteiger partial charge in [-0.25, -0.2) is 9.18 Å². The van der Waals surface area contributed by atoms with Crippen LogP contribution in [-0.4, -0.2) is 36.0 Å². The van der Waals surface area contributed by atoms with Crippen molar-refractivity contribution in [1.29, 1.82) is 5.26 Å². The highest BCUT2D eigenvalue weighted by Crippen LogP contribution is 2.61. The molecule has 1 aliphatic heterocycles. The minimum absolute atomic E-state index is 0.0765. The van der Waals surface area contributed by atoms with E-state index >= 15 is 0 Å². The zero-order valence-corrected chi connectivity index (χ0v) is 19.8. The number of halogens is 1. The number of carboxylic acids is 1. The number of carbonyl (C=O) groups is 3. The van der Waals surface area contributed by atoms with Crippen molar-refractivity contribution in [3.8, 4) is 11.8 Å². The van der Waals surface area contributed by atoms with Gasteiger partial charge in [-0.2, -0.15) is 5.26 Å². The minimum Gasteiger partial charge on any atom is -0.493 e. The average molecular weight is 492 g/mol. The monoisotopic (exact) mass is 491 g/mol. The quantitative estimate of drug-likeness (QED) is 0.483. The van der Waals surface area contributed by atoms with Gasteiger partial charge in [0.2, 0.25) is 5.91 Å². The molecular weight excluding hydrogens is 465 g/mol. The molecule has 0 radical (unpaired) electrons. The number of rotatable bonds is 8. The molecule has 2 aliphatic rings. The first-order chi connectivity index (χ1) is 17.3. The lowest BCUT2D eigenvalue weighted by Crippen LogP contribution is -2.29. The summed E-state index contributed by atoms with van der Waals surface area (Å²) in [6.07, 6.45) is 4.53. The lowest BCUT2D eigenvalue weighted by atomic mass is 9.86. The number of anilines is 1. The first kappa shape index (κ1) is 24.9. The summed E-state index contributed by atoms with van der Waals surface area (Å²) in [5, 5.41) is 23.7. The molecule has 2 amide bonds. The maximum atomic E-state index is 14.6. The van der Waals surface area contributed by atoms with Crippen molar-refractivity contribution in [3.63, 3.8) is 0 Å². The molecule has 186 valence electrons. The molecule has 1 aliphatic carbocycles. The second-order valence-electron chi connectivity index (χ2n) is 9.01. The van der Waals surface area contributed by atoms with E-state index in [0.29, 0.717) is 60.5 Å². The fourth-order valence-electron chi connectivity index (χ4n) is 4.72. The summed E-state index contributed by atoms with van der Waals surface area (Å²) in [7, 11) is 0. The van der Waals surface area contributed by atoms with Crippen molar-refractivity contribution in [1.82, 2.24) is 5.32 Å². The number of ether oxygens (including phenoxy) is 1. The summed E-state index contributed by atoms with van der Waals surface area (Å²) in [6, 6.07) is 9.59. The zero-order chi connectivity index (χ0) is 25.9. The summed E-state index contributed by atoms with van der Waals surface area (Å²) >= 11 is 0. The molecule has 9 heteroatoms. The Balaban J connectivity index is 1.59. The van der Waals surface area contributed by atoms with Gasteiger partial charge in [-0.1, -0.05) is 19.1 Å². The zero-order valence-electron chi connectivity index (χ0n) is 19.8. The van der Waals surface area contributed by atoms with Gasteiger partial charge >= 0.3 is 5.97 Å². The molecule has 1 fully saturated rings. The van der Waals surface area contributed by atoms with Crippen molar-refractivity contribution in [2.75, 3.05) is 18.5 Å². The highest BCUT2D eigenvalue weighted by molar-refractivity contribution is 5.98. The van der Waals surface area contributed by atoms with E-state index < -0.39 is 29.0 Å². The molecule has 1 spiro atoms. The number of carboxylic acid groups (broad SMARTS) is 1. The molecule has 3 N–H and O–H groups in total. The number of hydrogen-bond donors (Lipinski definition) is 3. The van der Waals surface area contributed by atoms with Crippen LogP contribution in [0, 0.1) is 23.1 Å². The van der Waals surface area contributed by atoms with Crippen molar-refractivity contribution in [3.05, 3.63) is 70.6 Å². The third-order valence-corrected chi connectivity index (χ3v) is 6.68. The van der Waals surface area contributed by atoms with Crippen LogP contribution in [0.15, 0.2) is 42.5 Å². The van der Waals surface area contributed by atoms with Crippen molar-refractivity contribution in [2.45, 2.75) is 38.0 Å². The van der Waals surface area contributed by atoms with E-state index in [-0.39, 0.29) is 17.9 Å². The van der Waals surface area contributed by atoms with Crippen LogP contribution in [0.5, 0.6) is 5.75 Å². The standard InChI is InChI=1S/C27H26FN3O5/c1-2-9-30-25(34)18-12-19-23(13-21(18)28)36-10-8-27(19)14-20(27)26(35)31-22-11-16(15-29)6-7-17(22)4-3-5-24(32)33/h3,5-7,11-13,20H,2,4,8-10,14H2,1H3,(H,30,34)(H,31,35)(H,32,33)/t20-,27-/m0/s1. The third kappa shape index (κ3) is 4.93. The SMILES string of the molecule is CCCNC(=O)c1cc2c(cc1F)OCC[C@]21C[C@H]1C(=O)Nc1cc(C#N)ccc1CC=CC(=O)O. The van der Waals surface area contributed by atoms with E-state index in [4.69, 9.17) is 9.84 Å². The number of nitrogens with one attached hydrogen (secondary N) is 2. The minimum atomic E-state index is -1.08. The highest BCUT2D eigenvalue weighted by atomic mass is 19.1. The molecule has 0 bridgehead atoms. The number of carbonyl (C=O) groups excluding carboxylic acids is 2. The van der Waals surface area contributed by atoms with E-state index in [0.717, 1.165) is 6.08 Å². The average Bonchev–Trinajstić information content (AvgIpc) is 3.57. The first-order valence-corrected chi connectivity index (χ1v) is 11.8. The molecule has 1 saturated carbocycles. The Hall–Kier alpha value is -4.19. The first-order valence-electron chi connectivity index (χ1n) is 11.8. The molecule has 36 heavy (non-hydrogen) atoms. The number of nitrogens with zero attached hydrogens (tertiary/aromatic N) is 1. The van der Waals surface area contributed by atoms with Gasteiger partial charge in [0.25, 0.3) is 5.91 Å². The number of aliphatic carboxylic acids is 1. The van der Waals surface area contributed by atoms with E-state index in [1.165, 1.54) is 18.2 Å². The Labute approximate surface area is 207 Å². The largest absolute Gasteiger partial charge is 0.493 e. The summed E-state index contributed by atoms with van der Waals surface area (Å²) in [5.41, 5.74) is 1.46. The normalized spacial score (nSPS) is 19.8. The van der Waals surface area contributed by atoms with Gasteiger partial charge in [0, 0.05) is 41.3 Å². The van der Waals surface area contributed by atoms with Crippen LogP contribution in [0.2, 0.25) is 0 Å². The maximum absolute atomic E-state index is 14.6. The Morgan fingerprint density at radius 2 is 2.11 bits per heavy atom. The maximum Gasteiger partial charge on any atom is 0.327 e. The van der Waals surface area contributed by atoms with Gasteiger partial charge in [-0.05, 0) is 49.4 Å². The fraction of sp³-hybridized carbons (Fsp3) is 0.333. The predicted molar refractivity (Wildman–Crippen MR) is 129 cm³/mol. The van der Waals surface area contributed by atoms with E-state index in [2.05, 4.69) is 10.6 Å². The number of nitriles is 1. The molecule has 2 atom stereocenters. The molecule has 2 aromatic carbocycles. The summed E-state index contributed by atoms with van der Waals surface area (Å²) in [4.78, 5) is 36.6. The molecule has 0 saturated heterocycles. The predicted octanol–water partition coefficient (Wildman–Crippen LogP) is 3.70. The fourth-order valence-corrected chi connectivity index (χ4v) is 4.72. The topological polar surface area (TPSA) is 129 Å². The van der Waals surface area contributed by atoms with E-state index in [1.807, 2.05) is 13.0 Å². The van der Waals surface area contributed by atoms with Crippen molar-refractivity contribution < 1.29 is 28.6 Å². The lowest BCUT2D eigenvalue weighted by molar-refractivity contribution is -0.131. The molecule has 1 heterocycles. The molecule has 0 aromatic heterocycles. The highest BCUT2D eigenvalue weighted by Gasteiger charge is 2.61. The van der Waals surface area contributed by atoms with Crippen LogP contribution < -0.4 is 15.4 Å². The molecule has 8 nitrogen and oxygen atoms in total. The van der Waals surface area contributed by atoms with Crippen LogP contribution in [0.1, 0.15) is 53.2 Å². The van der Waals surface area contributed by atoms with Gasteiger partial charge < -0.3 is 20.5 Å². The van der Waals surface area contributed by atoms with Crippen LogP contribution in [0.4, 0.5) is 10.1 Å². The number of hydrogen-bond acceptors (Lipinski definition) is 5. The number of amides is 2. The van der Waals surface area contributed by atoms with Crippen LogP contribution >= 0.6 is 0 Å². The van der Waals surface area contributed by atoms with Crippen LogP contribution in [0.25, 0.3) is 0 Å². The van der Waals surface area contributed by atoms with Crippen LogP contribution in [-0.2, 0) is 21.4 Å². The van der Waals surface area contributed by atoms with Crippen LogP contribution in [0.3, 0.4) is 0 Å². The molecule has 0 unspecified atom stereocenters. The Morgan fingerprint density at radius 1 is 1.31 bits per heavy atom. The van der Waals surface area contributed by atoms with Crippen molar-refractivity contribution >= 4 is 23.5 Å².